The van der Waals surface area contributed by atoms with Gasteiger partial charge in [0, 0.05) is 25.7 Å². The van der Waals surface area contributed by atoms with Gasteiger partial charge in [-0.2, -0.15) is 0 Å². The highest BCUT2D eigenvalue weighted by molar-refractivity contribution is 7.47. The highest BCUT2D eigenvalue weighted by atomic mass is 31.2. The van der Waals surface area contributed by atoms with Crippen LogP contribution in [0.1, 0.15) is 323 Å². The average molecular weight is 1530 g/mol. The number of aliphatic hydroxyl groups excluding tert-OH is 1. The number of unbranched alkanes of at least 4 members (excludes halogenated alkanes) is 26. The summed E-state index contributed by atoms with van der Waals surface area (Å²) in [5.74, 6) is -2.30. The normalized spacial score (nSPS) is 14.6. The van der Waals surface area contributed by atoms with Gasteiger partial charge in [0.2, 0.25) is 0 Å². The van der Waals surface area contributed by atoms with Gasteiger partial charge in [-0.15, -0.1) is 0 Å². The molecule has 0 aliphatic rings. The molecule has 5 unspecified atom stereocenters. The minimum absolute atomic E-state index is 0.00420. The summed E-state index contributed by atoms with van der Waals surface area (Å²) in [5.41, 5.74) is 0. The monoisotopic (exact) mass is 1530 g/mol. The summed E-state index contributed by atoms with van der Waals surface area (Å²) in [5, 5.41) is 10.7. The standard InChI is InChI=1S/C87H146O17P2/c1-5-9-13-17-21-25-29-33-37-39-40-42-45-48-52-56-60-64-68-72-85(90)98-78-83(104-87(92)74-70-66-62-58-54-50-46-41-38-34-30-26-22-18-14-10-6-2)80-102-106(95,96)100-76-81(88)75-99-105(93,94)101-79-82(103-86(91)73-69-65-61-57-53-49-44-36-32-28-24-20-16-12-8-4)77-97-84(89)71-67-63-59-55-51-47-43-35-31-27-23-19-15-11-7-3/h9-10,13-14,21-22,25-26,33-38,40,42-44,46,48,50,52,58,62,81-83,88H,5-8,11-12,15-20,23-24,27-32,39,41,45,47,49,51,53-57,59-61,63-80H2,1-4H3,(H,93,94)(H,95,96)/b13-9-,14-10-,25-21-,26-22-,37-33-,38-34-,42-40-,43-35-,44-36-,50-46-,52-48-,62-58-. The molecule has 19 heteroatoms. The lowest BCUT2D eigenvalue weighted by molar-refractivity contribution is -0.161. The van der Waals surface area contributed by atoms with Crippen molar-refractivity contribution < 1.29 is 80.2 Å². The minimum atomic E-state index is -5.01. The highest BCUT2D eigenvalue weighted by Gasteiger charge is 2.30. The Bertz CT molecular complexity index is 2580. The van der Waals surface area contributed by atoms with Gasteiger partial charge in [-0.25, -0.2) is 9.13 Å². The van der Waals surface area contributed by atoms with Gasteiger partial charge in [-0.3, -0.25) is 37.3 Å². The average Bonchev–Trinajstić information content (AvgIpc) is 0.902. The van der Waals surface area contributed by atoms with E-state index in [9.17, 15) is 43.2 Å². The molecule has 0 radical (unpaired) electrons. The van der Waals surface area contributed by atoms with Crippen LogP contribution in [0.5, 0.6) is 0 Å². The van der Waals surface area contributed by atoms with Crippen LogP contribution in [0.25, 0.3) is 0 Å². The third kappa shape index (κ3) is 77.1. The highest BCUT2D eigenvalue weighted by Crippen LogP contribution is 2.45. The Morgan fingerprint density at radius 3 is 0.811 bits per heavy atom. The van der Waals surface area contributed by atoms with Crippen molar-refractivity contribution in [2.75, 3.05) is 39.6 Å². The Balaban J connectivity index is 5.47. The van der Waals surface area contributed by atoms with Crippen LogP contribution in [0, 0.1) is 0 Å². The Morgan fingerprint density at radius 2 is 0.500 bits per heavy atom. The molecular weight excluding hydrogens is 1380 g/mol. The van der Waals surface area contributed by atoms with Crippen LogP contribution in [0.15, 0.2) is 146 Å². The molecule has 0 aromatic rings. The summed E-state index contributed by atoms with van der Waals surface area (Å²) in [4.78, 5) is 73.1. The van der Waals surface area contributed by atoms with Crippen molar-refractivity contribution in [3.63, 3.8) is 0 Å². The number of ether oxygens (including phenoxy) is 4. The molecule has 0 rings (SSSR count). The van der Waals surface area contributed by atoms with Gasteiger partial charge < -0.3 is 33.8 Å². The Labute approximate surface area is 643 Å². The smallest absolute Gasteiger partial charge is 0.462 e. The lowest BCUT2D eigenvalue weighted by atomic mass is 10.1. The number of aliphatic hydroxyl groups is 1. The van der Waals surface area contributed by atoms with Crippen LogP contribution in [0.2, 0.25) is 0 Å². The maximum absolute atomic E-state index is 13.1. The van der Waals surface area contributed by atoms with Crippen molar-refractivity contribution in [2.45, 2.75) is 341 Å². The second-order valence-electron chi connectivity index (χ2n) is 26.9. The van der Waals surface area contributed by atoms with Crippen LogP contribution in [0.3, 0.4) is 0 Å². The Kier molecular flexibility index (Phi) is 74.3. The van der Waals surface area contributed by atoms with Crippen LogP contribution < -0.4 is 0 Å². The third-order valence-corrected chi connectivity index (χ3v) is 18.7. The van der Waals surface area contributed by atoms with Gasteiger partial charge in [0.25, 0.3) is 0 Å². The first-order chi connectivity index (χ1) is 51.7. The number of esters is 4. The first kappa shape index (κ1) is 101. The zero-order chi connectivity index (χ0) is 77.4. The number of phosphoric acid groups is 2. The second-order valence-corrected chi connectivity index (χ2v) is 29.8. The lowest BCUT2D eigenvalue weighted by Gasteiger charge is -2.21. The molecule has 0 fully saturated rings. The third-order valence-electron chi connectivity index (χ3n) is 16.8. The summed E-state index contributed by atoms with van der Waals surface area (Å²) in [7, 11) is -10.00. The Morgan fingerprint density at radius 1 is 0.274 bits per heavy atom. The number of carbonyl (C=O) groups is 4. The number of phosphoric ester groups is 2. The number of carbonyl (C=O) groups excluding carboxylic acids is 4. The van der Waals surface area contributed by atoms with Gasteiger partial charge in [0.05, 0.1) is 26.4 Å². The molecule has 0 aliphatic carbocycles. The van der Waals surface area contributed by atoms with Crippen molar-refractivity contribution in [1.82, 2.24) is 0 Å². The van der Waals surface area contributed by atoms with Gasteiger partial charge in [-0.05, 0) is 161 Å². The second kappa shape index (κ2) is 78.1. The van der Waals surface area contributed by atoms with E-state index in [0.717, 1.165) is 161 Å². The van der Waals surface area contributed by atoms with E-state index in [2.05, 4.69) is 161 Å². The predicted molar refractivity (Wildman–Crippen MR) is 436 cm³/mol. The molecule has 0 spiro atoms. The molecule has 5 atom stereocenters. The van der Waals surface area contributed by atoms with E-state index >= 15 is 0 Å². The molecule has 0 amide bonds. The molecule has 0 heterocycles. The summed E-state index contributed by atoms with van der Waals surface area (Å²) in [6.07, 6.45) is 89.7. The van der Waals surface area contributed by atoms with E-state index in [1.165, 1.54) is 77.0 Å². The fourth-order valence-electron chi connectivity index (χ4n) is 10.6. The lowest BCUT2D eigenvalue weighted by Crippen LogP contribution is -2.30. The molecule has 0 aliphatic heterocycles. The maximum Gasteiger partial charge on any atom is 0.472 e. The molecule has 606 valence electrons. The first-order valence-electron chi connectivity index (χ1n) is 41.1. The van der Waals surface area contributed by atoms with Crippen LogP contribution >= 0.6 is 15.6 Å². The van der Waals surface area contributed by atoms with Crippen molar-refractivity contribution in [2.24, 2.45) is 0 Å². The zero-order valence-electron chi connectivity index (χ0n) is 66.3. The first-order valence-corrected chi connectivity index (χ1v) is 44.1. The Hall–Kier alpha value is -5.06. The number of hydrogen-bond acceptors (Lipinski definition) is 15. The van der Waals surface area contributed by atoms with Crippen molar-refractivity contribution in [3.05, 3.63) is 146 Å². The van der Waals surface area contributed by atoms with E-state index < -0.39 is 97.5 Å². The topological polar surface area (TPSA) is 237 Å². The molecule has 17 nitrogen and oxygen atoms in total. The fraction of sp³-hybridized carbons (Fsp3) is 0.678. The van der Waals surface area contributed by atoms with Gasteiger partial charge in [0.1, 0.15) is 19.3 Å². The van der Waals surface area contributed by atoms with Gasteiger partial charge >= 0.3 is 39.5 Å². The van der Waals surface area contributed by atoms with Crippen molar-refractivity contribution in [3.8, 4) is 0 Å². The zero-order valence-corrected chi connectivity index (χ0v) is 68.1. The summed E-state index contributed by atoms with van der Waals surface area (Å²) in [6.45, 7) is 4.53. The van der Waals surface area contributed by atoms with Crippen molar-refractivity contribution in [1.29, 1.82) is 0 Å². The molecule has 0 saturated heterocycles. The van der Waals surface area contributed by atoms with Gasteiger partial charge in [0.15, 0.2) is 12.2 Å². The quantitative estimate of drug-likeness (QED) is 0.0169. The van der Waals surface area contributed by atoms with E-state index in [4.69, 9.17) is 37.0 Å². The number of rotatable bonds is 76. The molecule has 106 heavy (non-hydrogen) atoms. The maximum atomic E-state index is 13.1. The van der Waals surface area contributed by atoms with E-state index in [-0.39, 0.29) is 25.7 Å². The van der Waals surface area contributed by atoms with Gasteiger partial charge in [-0.1, -0.05) is 283 Å². The van der Waals surface area contributed by atoms with Crippen LogP contribution in [-0.2, 0) is 65.4 Å². The predicted octanol–water partition coefficient (Wildman–Crippen LogP) is 24.2. The summed E-state index contributed by atoms with van der Waals surface area (Å²) in [6, 6.07) is 0. The minimum Gasteiger partial charge on any atom is -0.462 e. The van der Waals surface area contributed by atoms with Crippen LogP contribution in [0.4, 0.5) is 0 Å². The van der Waals surface area contributed by atoms with E-state index in [0.29, 0.717) is 32.1 Å². The molecule has 0 bridgehead atoms. The van der Waals surface area contributed by atoms with Crippen molar-refractivity contribution >= 4 is 39.5 Å². The molecule has 0 aromatic heterocycles. The van der Waals surface area contributed by atoms with E-state index in [1.54, 1.807) is 0 Å². The number of hydrogen-bond donors (Lipinski definition) is 3. The SMILES string of the molecule is CC/C=C\C/C=C\C/C=C\C/C=C\C/C=C\CCCCCC(=O)OCC(COP(=O)(O)OCC(O)COP(=O)(O)OCC(COC(=O)CCCCCCC/C=C\CCCCCCCC)OC(=O)CCCCCCC/C=C\CCCCCCCC)OC(=O)CCC/C=C\C/C=C\C/C=C\C/C=C\C/C=C\CC. The summed E-state index contributed by atoms with van der Waals surface area (Å²) < 4.78 is 68.6. The molecule has 0 aromatic carbocycles. The largest absolute Gasteiger partial charge is 0.472 e. The molecule has 3 N–H and O–H groups in total. The van der Waals surface area contributed by atoms with E-state index in [1.807, 2.05) is 12.2 Å². The van der Waals surface area contributed by atoms with Crippen LogP contribution in [-0.4, -0.2) is 96.7 Å². The summed E-state index contributed by atoms with van der Waals surface area (Å²) >= 11 is 0. The molecule has 0 saturated carbocycles. The number of allylic oxidation sites excluding steroid dienone is 24. The fourth-order valence-corrected chi connectivity index (χ4v) is 12.1. The molecular formula is C87H146O17P2.